The van der Waals surface area contributed by atoms with E-state index in [4.69, 9.17) is 40.5 Å². The van der Waals surface area contributed by atoms with E-state index in [0.717, 1.165) is 38.0 Å². The zero-order valence-corrected chi connectivity index (χ0v) is 16.2. The summed E-state index contributed by atoms with van der Waals surface area (Å²) in [6.07, 6.45) is 1.80. The van der Waals surface area contributed by atoms with Crippen LogP contribution in [0.3, 0.4) is 0 Å². The molecule has 2 aromatic rings. The highest BCUT2D eigenvalue weighted by molar-refractivity contribution is 6.34. The molecule has 6 nitrogen and oxygen atoms in total. The zero-order chi connectivity index (χ0) is 18.7. The Hall–Kier alpha value is -1.60. The van der Waals surface area contributed by atoms with Gasteiger partial charge in [0.1, 0.15) is 0 Å². The van der Waals surface area contributed by atoms with Crippen LogP contribution in [0.4, 0.5) is 5.82 Å². The number of rotatable bonds is 5. The van der Waals surface area contributed by atoms with Crippen LogP contribution in [0.15, 0.2) is 24.3 Å². The predicted octanol–water partition coefficient (Wildman–Crippen LogP) is 3.61. The van der Waals surface area contributed by atoms with Crippen molar-refractivity contribution in [3.05, 3.63) is 50.6 Å². The van der Waals surface area contributed by atoms with Crippen molar-refractivity contribution in [3.63, 3.8) is 0 Å². The molecule has 9 heteroatoms. The highest BCUT2D eigenvalue weighted by Crippen LogP contribution is 2.23. The number of aromatic nitrogens is 2. The molecular formula is C17H18Cl3N5O. The number of amides is 1. The van der Waals surface area contributed by atoms with Crippen LogP contribution < -0.4 is 11.1 Å². The minimum Gasteiger partial charge on any atom is -0.365 e. The van der Waals surface area contributed by atoms with E-state index >= 15 is 0 Å². The Bertz CT molecular complexity index is 789. The van der Waals surface area contributed by atoms with Crippen LogP contribution >= 0.6 is 34.8 Å². The van der Waals surface area contributed by atoms with E-state index < -0.39 is 5.91 Å². The van der Waals surface area contributed by atoms with E-state index in [1.54, 1.807) is 6.07 Å². The van der Waals surface area contributed by atoms with Gasteiger partial charge in [0.2, 0.25) is 0 Å². The fourth-order valence-corrected chi connectivity index (χ4v) is 3.77. The van der Waals surface area contributed by atoms with Gasteiger partial charge < -0.3 is 11.1 Å². The van der Waals surface area contributed by atoms with Gasteiger partial charge in [-0.3, -0.25) is 9.69 Å². The number of carbonyl (C=O) groups excluding carboxylic acids is 1. The molecule has 1 fully saturated rings. The fourth-order valence-electron chi connectivity index (χ4n) is 3.05. The van der Waals surface area contributed by atoms with Gasteiger partial charge in [0.15, 0.2) is 11.0 Å². The number of nitrogens with two attached hydrogens (primary N) is 1. The van der Waals surface area contributed by atoms with Gasteiger partial charge in [0, 0.05) is 35.7 Å². The summed E-state index contributed by atoms with van der Waals surface area (Å²) in [5.41, 5.74) is 6.73. The SMILES string of the molecule is NC(=O)c1cc(Cl)nnc1NC1CCN(Cc2cc(Cl)cc(Cl)c2)CC1. The van der Waals surface area contributed by atoms with Gasteiger partial charge in [-0.15, -0.1) is 10.2 Å². The normalized spacial score (nSPS) is 15.8. The molecule has 0 saturated carbocycles. The Morgan fingerprint density at radius 1 is 1.12 bits per heavy atom. The molecule has 138 valence electrons. The first-order valence-corrected chi connectivity index (χ1v) is 9.31. The van der Waals surface area contributed by atoms with Crippen molar-refractivity contribution in [1.82, 2.24) is 15.1 Å². The number of anilines is 1. The van der Waals surface area contributed by atoms with Crippen LogP contribution in [0.1, 0.15) is 28.8 Å². The number of piperidine rings is 1. The minimum atomic E-state index is -0.584. The first kappa shape index (κ1) is 19.2. The summed E-state index contributed by atoms with van der Waals surface area (Å²) in [6, 6.07) is 7.20. The lowest BCUT2D eigenvalue weighted by Gasteiger charge is -2.32. The maximum absolute atomic E-state index is 11.6. The van der Waals surface area contributed by atoms with E-state index in [1.807, 2.05) is 12.1 Å². The number of hydrogen-bond acceptors (Lipinski definition) is 5. The van der Waals surface area contributed by atoms with Crippen LogP contribution in [-0.4, -0.2) is 40.1 Å². The lowest BCUT2D eigenvalue weighted by Crippen LogP contribution is -2.39. The molecule has 0 atom stereocenters. The topological polar surface area (TPSA) is 84.1 Å². The van der Waals surface area contributed by atoms with Gasteiger partial charge in [-0.05, 0) is 42.7 Å². The van der Waals surface area contributed by atoms with Crippen molar-refractivity contribution in [1.29, 1.82) is 0 Å². The average molecular weight is 415 g/mol. The van der Waals surface area contributed by atoms with E-state index in [1.165, 1.54) is 6.07 Å². The summed E-state index contributed by atoms with van der Waals surface area (Å²) in [5, 5.41) is 12.4. The second-order valence-electron chi connectivity index (χ2n) is 6.27. The van der Waals surface area contributed by atoms with Crippen molar-refractivity contribution < 1.29 is 4.79 Å². The quantitative estimate of drug-likeness (QED) is 0.781. The maximum atomic E-state index is 11.6. The summed E-state index contributed by atoms with van der Waals surface area (Å²) in [5.74, 6) is -0.207. The second-order valence-corrected chi connectivity index (χ2v) is 7.53. The Kier molecular flexibility index (Phi) is 6.19. The van der Waals surface area contributed by atoms with Crippen molar-refractivity contribution >= 4 is 46.5 Å². The van der Waals surface area contributed by atoms with Crippen molar-refractivity contribution in [3.8, 4) is 0 Å². The largest absolute Gasteiger partial charge is 0.365 e. The molecule has 0 aliphatic carbocycles. The van der Waals surface area contributed by atoms with Gasteiger partial charge in [-0.1, -0.05) is 34.8 Å². The molecular weight excluding hydrogens is 397 g/mol. The monoisotopic (exact) mass is 413 g/mol. The maximum Gasteiger partial charge on any atom is 0.252 e. The molecule has 2 heterocycles. The minimum absolute atomic E-state index is 0.138. The van der Waals surface area contributed by atoms with Crippen LogP contribution in [0.2, 0.25) is 15.2 Å². The number of nitrogens with zero attached hydrogens (tertiary/aromatic N) is 3. The fraction of sp³-hybridized carbons (Fsp3) is 0.353. The van der Waals surface area contributed by atoms with E-state index in [2.05, 4.69) is 20.4 Å². The van der Waals surface area contributed by atoms with Crippen LogP contribution in [0.5, 0.6) is 0 Å². The standard InChI is InChI=1S/C17H18Cl3N5O/c18-11-5-10(6-12(19)7-11)9-25-3-1-13(2-4-25)22-17-14(16(21)26)8-15(20)23-24-17/h5-8,13H,1-4,9H2,(H2,21,26)(H,22,24). The number of likely N-dealkylation sites (tertiary alicyclic amines) is 1. The molecule has 1 aromatic heterocycles. The number of hydrogen-bond donors (Lipinski definition) is 2. The molecule has 1 saturated heterocycles. The zero-order valence-electron chi connectivity index (χ0n) is 13.9. The number of carbonyl (C=O) groups is 1. The molecule has 1 aliphatic heterocycles. The first-order chi connectivity index (χ1) is 12.4. The Morgan fingerprint density at radius 3 is 2.38 bits per heavy atom. The summed E-state index contributed by atoms with van der Waals surface area (Å²) in [4.78, 5) is 13.9. The molecule has 3 N–H and O–H groups in total. The lowest BCUT2D eigenvalue weighted by atomic mass is 10.0. The van der Waals surface area contributed by atoms with Gasteiger partial charge >= 0.3 is 0 Å². The van der Waals surface area contributed by atoms with E-state index in [0.29, 0.717) is 15.9 Å². The number of primary amides is 1. The first-order valence-electron chi connectivity index (χ1n) is 8.17. The molecule has 0 bridgehead atoms. The second kappa shape index (κ2) is 8.39. The van der Waals surface area contributed by atoms with Crippen LogP contribution in [0, 0.1) is 0 Å². The Labute approximate surface area is 166 Å². The molecule has 0 unspecified atom stereocenters. The summed E-state index contributed by atoms with van der Waals surface area (Å²) >= 11 is 17.9. The van der Waals surface area contributed by atoms with E-state index in [9.17, 15) is 4.79 Å². The molecule has 0 spiro atoms. The molecule has 3 rings (SSSR count). The smallest absolute Gasteiger partial charge is 0.252 e. The summed E-state index contributed by atoms with van der Waals surface area (Å²) < 4.78 is 0. The third-order valence-corrected chi connectivity index (χ3v) is 4.91. The van der Waals surface area contributed by atoms with Gasteiger partial charge in [0.05, 0.1) is 5.56 Å². The molecule has 1 amide bonds. The summed E-state index contributed by atoms with van der Waals surface area (Å²) in [6.45, 7) is 2.59. The highest BCUT2D eigenvalue weighted by atomic mass is 35.5. The van der Waals surface area contributed by atoms with Crippen LogP contribution in [0.25, 0.3) is 0 Å². The Morgan fingerprint density at radius 2 is 1.77 bits per heavy atom. The van der Waals surface area contributed by atoms with Gasteiger partial charge in [-0.25, -0.2) is 0 Å². The van der Waals surface area contributed by atoms with E-state index in [-0.39, 0.29) is 16.8 Å². The number of halogens is 3. The summed E-state index contributed by atoms with van der Waals surface area (Å²) in [7, 11) is 0. The molecule has 0 radical (unpaired) electrons. The third-order valence-electron chi connectivity index (χ3n) is 4.29. The predicted molar refractivity (Wildman–Crippen MR) is 104 cm³/mol. The number of nitrogens with one attached hydrogen (secondary N) is 1. The lowest BCUT2D eigenvalue weighted by molar-refractivity contribution is 0.100. The average Bonchev–Trinajstić information content (AvgIpc) is 2.57. The Balaban J connectivity index is 1.58. The highest BCUT2D eigenvalue weighted by Gasteiger charge is 2.22. The molecule has 1 aliphatic rings. The van der Waals surface area contributed by atoms with Crippen LogP contribution in [-0.2, 0) is 6.54 Å². The molecule has 1 aromatic carbocycles. The van der Waals surface area contributed by atoms with Gasteiger partial charge in [0.25, 0.3) is 5.91 Å². The van der Waals surface area contributed by atoms with Crippen molar-refractivity contribution in [2.75, 3.05) is 18.4 Å². The molecule has 26 heavy (non-hydrogen) atoms. The van der Waals surface area contributed by atoms with Crippen molar-refractivity contribution in [2.45, 2.75) is 25.4 Å². The van der Waals surface area contributed by atoms with Gasteiger partial charge in [-0.2, -0.15) is 0 Å². The third kappa shape index (κ3) is 4.98. The number of benzene rings is 1. The van der Waals surface area contributed by atoms with Crippen molar-refractivity contribution in [2.24, 2.45) is 5.73 Å².